The van der Waals surface area contributed by atoms with E-state index in [2.05, 4.69) is 11.9 Å². The Bertz CT molecular complexity index is 852. The Balaban J connectivity index is 1.91. The molecule has 1 aromatic heterocycles. The number of benzene rings is 1. The molecule has 2 aromatic rings. The lowest BCUT2D eigenvalue weighted by Gasteiger charge is -2.27. The van der Waals surface area contributed by atoms with Crippen LogP contribution >= 0.6 is 12.2 Å². The largest absolute Gasteiger partial charge is 0.457 e. The summed E-state index contributed by atoms with van der Waals surface area (Å²) in [5, 5.41) is 2.57. The smallest absolute Gasteiger partial charge is 0.266 e. The molecule has 1 aromatic carbocycles. The Morgan fingerprint density at radius 3 is 2.62 bits per heavy atom. The molecule has 3 rings (SSSR count). The van der Waals surface area contributed by atoms with Crippen LogP contribution in [-0.4, -0.2) is 28.4 Å². The van der Waals surface area contributed by atoms with Crippen LogP contribution in [0.1, 0.15) is 5.76 Å². The summed E-state index contributed by atoms with van der Waals surface area (Å²) >= 11 is 5.01. The second-order valence-corrected chi connectivity index (χ2v) is 5.48. The number of nitrogens with one attached hydrogen (secondary N) is 1. The number of carbonyl (C=O) groups is 2. The average Bonchev–Trinajstić information content (AvgIpc) is 3.05. The van der Waals surface area contributed by atoms with Crippen LogP contribution in [0, 0.1) is 0 Å². The standard InChI is InChI=1S/C18H14N2O3S/c1-2-10-20-17(22)14(16(21)19-18(20)24)11-13-8-9-15(23-13)12-6-4-3-5-7-12/h2-9,11H,1,10H2,(H,19,21,24)/b14-11-. The van der Waals surface area contributed by atoms with Gasteiger partial charge >= 0.3 is 0 Å². The summed E-state index contributed by atoms with van der Waals surface area (Å²) in [7, 11) is 0. The minimum Gasteiger partial charge on any atom is -0.457 e. The van der Waals surface area contributed by atoms with E-state index < -0.39 is 11.8 Å². The monoisotopic (exact) mass is 338 g/mol. The highest BCUT2D eigenvalue weighted by Gasteiger charge is 2.32. The van der Waals surface area contributed by atoms with E-state index in [1.54, 1.807) is 18.2 Å². The molecule has 0 radical (unpaired) electrons. The maximum Gasteiger partial charge on any atom is 0.266 e. The predicted octanol–water partition coefficient (Wildman–Crippen LogP) is 2.76. The Labute approximate surface area is 144 Å². The van der Waals surface area contributed by atoms with Gasteiger partial charge in [-0.1, -0.05) is 36.4 Å². The van der Waals surface area contributed by atoms with E-state index in [1.165, 1.54) is 11.0 Å². The second-order valence-electron chi connectivity index (χ2n) is 5.09. The van der Waals surface area contributed by atoms with E-state index >= 15 is 0 Å². The first-order valence-electron chi connectivity index (χ1n) is 7.25. The number of hydrogen-bond acceptors (Lipinski definition) is 4. The molecule has 0 bridgehead atoms. The van der Waals surface area contributed by atoms with Crippen molar-refractivity contribution in [3.63, 3.8) is 0 Å². The van der Waals surface area contributed by atoms with Crippen molar-refractivity contribution in [2.45, 2.75) is 0 Å². The van der Waals surface area contributed by atoms with Crippen molar-refractivity contribution in [1.29, 1.82) is 0 Å². The highest BCUT2D eigenvalue weighted by Crippen LogP contribution is 2.24. The van der Waals surface area contributed by atoms with Crippen LogP contribution in [0.4, 0.5) is 0 Å². The van der Waals surface area contributed by atoms with Crippen molar-refractivity contribution < 1.29 is 14.0 Å². The number of nitrogens with zero attached hydrogens (tertiary/aromatic N) is 1. The summed E-state index contributed by atoms with van der Waals surface area (Å²) in [5.41, 5.74) is 0.885. The van der Waals surface area contributed by atoms with Crippen LogP contribution in [0.2, 0.25) is 0 Å². The summed E-state index contributed by atoms with van der Waals surface area (Å²) < 4.78 is 5.71. The molecular formula is C18H14N2O3S. The molecule has 2 amide bonds. The van der Waals surface area contributed by atoms with Crippen molar-refractivity contribution in [1.82, 2.24) is 10.2 Å². The summed E-state index contributed by atoms with van der Waals surface area (Å²) in [6.45, 7) is 3.81. The Kier molecular flexibility index (Phi) is 4.39. The molecule has 2 heterocycles. The number of furan rings is 1. The zero-order chi connectivity index (χ0) is 17.1. The van der Waals surface area contributed by atoms with Crippen molar-refractivity contribution in [3.05, 3.63) is 66.5 Å². The number of rotatable bonds is 4. The van der Waals surface area contributed by atoms with Crippen LogP contribution in [0.5, 0.6) is 0 Å². The lowest BCUT2D eigenvalue weighted by molar-refractivity contribution is -0.128. The van der Waals surface area contributed by atoms with Gasteiger partial charge in [-0.05, 0) is 30.4 Å². The van der Waals surface area contributed by atoms with Crippen LogP contribution in [-0.2, 0) is 9.59 Å². The zero-order valence-corrected chi connectivity index (χ0v) is 13.5. The van der Waals surface area contributed by atoms with Crippen LogP contribution < -0.4 is 5.32 Å². The minimum atomic E-state index is -0.539. The topological polar surface area (TPSA) is 62.6 Å². The van der Waals surface area contributed by atoms with Gasteiger partial charge in [0, 0.05) is 12.1 Å². The molecule has 120 valence electrons. The first-order valence-corrected chi connectivity index (χ1v) is 7.66. The molecule has 1 aliphatic heterocycles. The average molecular weight is 338 g/mol. The van der Waals surface area contributed by atoms with Gasteiger partial charge in [-0.15, -0.1) is 6.58 Å². The normalized spacial score (nSPS) is 16.4. The highest BCUT2D eigenvalue weighted by atomic mass is 32.1. The van der Waals surface area contributed by atoms with Crippen molar-refractivity contribution in [2.24, 2.45) is 0 Å². The SMILES string of the molecule is C=CCN1C(=O)/C(=C\c2ccc(-c3ccccc3)o2)C(=O)NC1=S. The Morgan fingerprint density at radius 2 is 1.92 bits per heavy atom. The van der Waals surface area contributed by atoms with Gasteiger partial charge in [-0.25, -0.2) is 0 Å². The number of amides is 2. The Morgan fingerprint density at radius 1 is 1.17 bits per heavy atom. The number of carbonyl (C=O) groups excluding carboxylic acids is 2. The van der Waals surface area contributed by atoms with Gasteiger partial charge in [0.05, 0.1) is 0 Å². The van der Waals surface area contributed by atoms with Crippen LogP contribution in [0.3, 0.4) is 0 Å². The molecule has 24 heavy (non-hydrogen) atoms. The molecule has 1 saturated heterocycles. The van der Waals surface area contributed by atoms with Gasteiger partial charge in [0.2, 0.25) is 0 Å². The number of thiocarbonyl (C=S) groups is 1. The van der Waals surface area contributed by atoms with Crippen LogP contribution in [0.25, 0.3) is 17.4 Å². The highest BCUT2D eigenvalue weighted by molar-refractivity contribution is 7.80. The Hall–Kier alpha value is -2.99. The molecule has 1 fully saturated rings. The van der Waals surface area contributed by atoms with Gasteiger partial charge in [-0.3, -0.25) is 19.8 Å². The lowest BCUT2D eigenvalue weighted by atomic mass is 10.1. The second kappa shape index (κ2) is 6.64. The summed E-state index contributed by atoms with van der Waals surface area (Å²) in [6, 6.07) is 13.1. The maximum atomic E-state index is 12.4. The van der Waals surface area contributed by atoms with Crippen molar-refractivity contribution >= 4 is 35.2 Å². The van der Waals surface area contributed by atoms with E-state index in [0.29, 0.717) is 11.5 Å². The first kappa shape index (κ1) is 15.9. The van der Waals surface area contributed by atoms with E-state index in [-0.39, 0.29) is 17.2 Å². The fraction of sp³-hybridized carbons (Fsp3) is 0.0556. The maximum absolute atomic E-state index is 12.4. The van der Waals surface area contributed by atoms with Crippen LogP contribution in [0.15, 0.2) is 65.1 Å². The molecular weight excluding hydrogens is 324 g/mol. The van der Waals surface area contributed by atoms with E-state index in [0.717, 1.165) is 5.56 Å². The third-order valence-corrected chi connectivity index (χ3v) is 3.79. The minimum absolute atomic E-state index is 0.0283. The molecule has 0 saturated carbocycles. The molecule has 0 unspecified atom stereocenters. The molecule has 0 spiro atoms. The molecule has 5 nitrogen and oxygen atoms in total. The predicted molar refractivity (Wildman–Crippen MR) is 94.8 cm³/mol. The van der Waals surface area contributed by atoms with E-state index in [4.69, 9.17) is 16.6 Å². The molecule has 1 N–H and O–H groups in total. The quantitative estimate of drug-likeness (QED) is 0.403. The van der Waals surface area contributed by atoms with Gasteiger partial charge in [0.25, 0.3) is 11.8 Å². The molecule has 0 atom stereocenters. The third-order valence-electron chi connectivity index (χ3n) is 3.47. The molecule has 1 aliphatic rings. The van der Waals surface area contributed by atoms with Gasteiger partial charge in [-0.2, -0.15) is 0 Å². The lowest BCUT2D eigenvalue weighted by Crippen LogP contribution is -2.53. The van der Waals surface area contributed by atoms with E-state index in [9.17, 15) is 9.59 Å². The molecule has 0 aliphatic carbocycles. The van der Waals surface area contributed by atoms with E-state index in [1.807, 2.05) is 30.3 Å². The summed E-state index contributed by atoms with van der Waals surface area (Å²) in [5.74, 6) is 0.0626. The summed E-state index contributed by atoms with van der Waals surface area (Å²) in [4.78, 5) is 25.8. The molecule has 6 heteroatoms. The summed E-state index contributed by atoms with van der Waals surface area (Å²) in [6.07, 6.45) is 2.96. The number of hydrogen-bond donors (Lipinski definition) is 1. The van der Waals surface area contributed by atoms with Crippen molar-refractivity contribution in [2.75, 3.05) is 6.54 Å². The van der Waals surface area contributed by atoms with Gasteiger partial charge in [0.15, 0.2) is 5.11 Å². The fourth-order valence-corrected chi connectivity index (χ4v) is 2.57. The fourth-order valence-electron chi connectivity index (χ4n) is 2.32. The van der Waals surface area contributed by atoms with Gasteiger partial charge in [0.1, 0.15) is 17.1 Å². The van der Waals surface area contributed by atoms with Crippen molar-refractivity contribution in [3.8, 4) is 11.3 Å². The van der Waals surface area contributed by atoms with Gasteiger partial charge < -0.3 is 4.42 Å². The zero-order valence-electron chi connectivity index (χ0n) is 12.7. The first-order chi connectivity index (χ1) is 11.6. The third kappa shape index (κ3) is 3.04.